The fourth-order valence-corrected chi connectivity index (χ4v) is 2.16. The molecule has 0 spiro atoms. The first-order valence-electron chi connectivity index (χ1n) is 7.43. The Morgan fingerprint density at radius 2 is 2.19 bits per heavy atom. The number of nitrogens with zero attached hydrogens (tertiary/aromatic N) is 3. The van der Waals surface area contributed by atoms with Crippen LogP contribution in [0.5, 0.6) is 0 Å². The number of hydrogen-bond donors (Lipinski definition) is 1. The highest BCUT2D eigenvalue weighted by Gasteiger charge is 2.18. The molecule has 134 valence electrons. The summed E-state index contributed by atoms with van der Waals surface area (Å²) in [5.41, 5.74) is -0.0529. The average molecular weight is 376 g/mol. The molecule has 0 fully saturated rings. The Balaban J connectivity index is 2.47. The number of aliphatic hydroxyl groups is 1. The molecule has 2 rings (SSSR count). The second kappa shape index (κ2) is 8.72. The van der Waals surface area contributed by atoms with Crippen molar-refractivity contribution in [1.82, 2.24) is 4.98 Å². The average Bonchev–Trinajstić information content (AvgIpc) is 2.62. The molecule has 1 N–H and O–H groups in total. The lowest BCUT2D eigenvalue weighted by Gasteiger charge is -2.07. The highest BCUT2D eigenvalue weighted by Crippen LogP contribution is 2.24. The Bertz CT molecular complexity index is 895. The second-order valence-corrected chi connectivity index (χ2v) is 5.22. The number of carbonyl (C=O) groups excluding carboxylic acids is 1. The quantitative estimate of drug-likeness (QED) is 0.156. The predicted octanol–water partition coefficient (Wildman–Crippen LogP) is 3.88. The Hall–Kier alpha value is -3.26. The molecule has 0 atom stereocenters. The van der Waals surface area contributed by atoms with Crippen LogP contribution in [0.25, 0.3) is 5.76 Å². The summed E-state index contributed by atoms with van der Waals surface area (Å²) in [7, 11) is 0. The first-order valence-corrected chi connectivity index (χ1v) is 7.81. The van der Waals surface area contributed by atoms with Crippen LogP contribution in [0.15, 0.2) is 53.2 Å². The van der Waals surface area contributed by atoms with Crippen molar-refractivity contribution in [3.8, 4) is 0 Å². The molecule has 1 aromatic carbocycles. The van der Waals surface area contributed by atoms with Crippen molar-refractivity contribution in [2.24, 2.45) is 4.99 Å². The molecule has 0 amide bonds. The van der Waals surface area contributed by atoms with E-state index >= 15 is 0 Å². The lowest BCUT2D eigenvalue weighted by atomic mass is 10.1. The van der Waals surface area contributed by atoms with E-state index in [0.717, 1.165) is 6.21 Å². The number of aliphatic imine (C=N–C) groups is 1. The number of aromatic nitrogens is 1. The SMILES string of the molecule is CCOC(=O)C(C=Nc1cccc([N+](=O)[O-])c1)=C(O)c1cccnc1Cl. The van der Waals surface area contributed by atoms with Crippen molar-refractivity contribution < 1.29 is 19.6 Å². The summed E-state index contributed by atoms with van der Waals surface area (Å²) in [5, 5.41) is 21.3. The summed E-state index contributed by atoms with van der Waals surface area (Å²) in [6.07, 6.45) is 2.50. The van der Waals surface area contributed by atoms with Crippen LogP contribution in [0.3, 0.4) is 0 Å². The van der Waals surface area contributed by atoms with Gasteiger partial charge in [0.05, 0.1) is 22.8 Å². The van der Waals surface area contributed by atoms with E-state index in [1.54, 1.807) is 6.92 Å². The lowest BCUT2D eigenvalue weighted by Crippen LogP contribution is -2.11. The zero-order chi connectivity index (χ0) is 19.1. The van der Waals surface area contributed by atoms with Crippen LogP contribution < -0.4 is 0 Å². The molecular formula is C17H14ClN3O5. The van der Waals surface area contributed by atoms with Crippen LogP contribution in [-0.4, -0.2) is 33.8 Å². The molecule has 0 aliphatic rings. The van der Waals surface area contributed by atoms with Gasteiger partial charge in [0.2, 0.25) is 0 Å². The fraction of sp³-hybridized carbons (Fsp3) is 0.118. The molecule has 0 saturated heterocycles. The fourth-order valence-electron chi connectivity index (χ4n) is 1.95. The number of nitro benzene ring substituents is 1. The number of pyridine rings is 1. The maximum absolute atomic E-state index is 12.2. The van der Waals surface area contributed by atoms with E-state index in [1.807, 2.05) is 0 Å². The van der Waals surface area contributed by atoms with E-state index in [9.17, 15) is 20.0 Å². The number of non-ortho nitro benzene ring substituents is 1. The van der Waals surface area contributed by atoms with Crippen LogP contribution in [0.4, 0.5) is 11.4 Å². The van der Waals surface area contributed by atoms with Gasteiger partial charge in [0.25, 0.3) is 5.69 Å². The summed E-state index contributed by atoms with van der Waals surface area (Å²) in [6, 6.07) is 8.53. The summed E-state index contributed by atoms with van der Waals surface area (Å²) < 4.78 is 4.92. The van der Waals surface area contributed by atoms with Gasteiger partial charge >= 0.3 is 5.97 Å². The van der Waals surface area contributed by atoms with E-state index in [-0.39, 0.29) is 34.3 Å². The molecule has 9 heteroatoms. The maximum Gasteiger partial charge on any atom is 0.343 e. The van der Waals surface area contributed by atoms with Gasteiger partial charge in [0.1, 0.15) is 16.5 Å². The second-order valence-electron chi connectivity index (χ2n) is 4.86. The molecular weight excluding hydrogens is 362 g/mol. The minimum absolute atomic E-state index is 0.00412. The van der Waals surface area contributed by atoms with Gasteiger partial charge in [-0.2, -0.15) is 0 Å². The third kappa shape index (κ3) is 4.64. The van der Waals surface area contributed by atoms with E-state index in [2.05, 4.69) is 9.98 Å². The molecule has 0 radical (unpaired) electrons. The monoisotopic (exact) mass is 375 g/mol. The minimum Gasteiger partial charge on any atom is -0.506 e. The van der Waals surface area contributed by atoms with Crippen LogP contribution in [0.1, 0.15) is 12.5 Å². The summed E-state index contributed by atoms with van der Waals surface area (Å²) in [6.45, 7) is 1.70. The molecule has 26 heavy (non-hydrogen) atoms. The van der Waals surface area contributed by atoms with Crippen LogP contribution in [0.2, 0.25) is 5.15 Å². The zero-order valence-electron chi connectivity index (χ0n) is 13.6. The van der Waals surface area contributed by atoms with Gasteiger partial charge in [0, 0.05) is 24.5 Å². The molecule has 0 bridgehead atoms. The number of benzene rings is 1. The van der Waals surface area contributed by atoms with Crippen LogP contribution in [0, 0.1) is 10.1 Å². The van der Waals surface area contributed by atoms with Crippen molar-refractivity contribution in [2.75, 3.05) is 6.61 Å². The van der Waals surface area contributed by atoms with Gasteiger partial charge in [-0.25, -0.2) is 9.78 Å². The van der Waals surface area contributed by atoms with Gasteiger partial charge < -0.3 is 9.84 Å². The van der Waals surface area contributed by atoms with Crippen LogP contribution in [-0.2, 0) is 9.53 Å². The summed E-state index contributed by atoms with van der Waals surface area (Å²) in [5.74, 6) is -1.28. The third-order valence-electron chi connectivity index (χ3n) is 3.15. The first kappa shape index (κ1) is 19.1. The van der Waals surface area contributed by atoms with Gasteiger partial charge in [-0.15, -0.1) is 0 Å². The molecule has 0 unspecified atom stereocenters. The van der Waals surface area contributed by atoms with E-state index in [4.69, 9.17) is 16.3 Å². The van der Waals surface area contributed by atoms with Gasteiger partial charge in [-0.05, 0) is 25.1 Å². The van der Waals surface area contributed by atoms with Crippen molar-refractivity contribution in [3.63, 3.8) is 0 Å². The highest BCUT2D eigenvalue weighted by atomic mass is 35.5. The van der Waals surface area contributed by atoms with E-state index < -0.39 is 16.7 Å². The lowest BCUT2D eigenvalue weighted by molar-refractivity contribution is -0.384. The van der Waals surface area contributed by atoms with Crippen molar-refractivity contribution in [3.05, 3.63) is 69.0 Å². The van der Waals surface area contributed by atoms with Crippen molar-refractivity contribution >= 4 is 40.9 Å². The van der Waals surface area contributed by atoms with E-state index in [1.165, 1.54) is 42.6 Å². The van der Waals surface area contributed by atoms with E-state index in [0.29, 0.717) is 0 Å². The molecule has 0 aliphatic carbocycles. The Labute approximate surface area is 153 Å². The Kier molecular flexibility index (Phi) is 6.40. The molecule has 2 aromatic rings. The number of hydrogen-bond acceptors (Lipinski definition) is 7. The number of esters is 1. The minimum atomic E-state index is -0.820. The molecule has 1 aromatic heterocycles. The smallest absolute Gasteiger partial charge is 0.343 e. The maximum atomic E-state index is 12.2. The molecule has 8 nitrogen and oxygen atoms in total. The van der Waals surface area contributed by atoms with Crippen molar-refractivity contribution in [1.29, 1.82) is 0 Å². The molecule has 0 saturated carbocycles. The van der Waals surface area contributed by atoms with Crippen molar-refractivity contribution in [2.45, 2.75) is 6.92 Å². The topological polar surface area (TPSA) is 115 Å². The highest BCUT2D eigenvalue weighted by molar-refractivity contribution is 6.31. The zero-order valence-corrected chi connectivity index (χ0v) is 14.4. The number of ether oxygens (including phenoxy) is 1. The number of aliphatic hydroxyl groups excluding tert-OH is 1. The number of halogens is 1. The predicted molar refractivity (Wildman–Crippen MR) is 96.7 cm³/mol. The number of rotatable bonds is 6. The third-order valence-corrected chi connectivity index (χ3v) is 3.45. The van der Waals surface area contributed by atoms with Gasteiger partial charge in [-0.1, -0.05) is 17.7 Å². The molecule has 1 heterocycles. The van der Waals surface area contributed by atoms with Gasteiger partial charge in [-0.3, -0.25) is 15.1 Å². The van der Waals surface area contributed by atoms with Crippen LogP contribution >= 0.6 is 11.6 Å². The Morgan fingerprint density at radius 1 is 1.42 bits per heavy atom. The van der Waals surface area contributed by atoms with Gasteiger partial charge in [0.15, 0.2) is 0 Å². The number of carbonyl (C=O) groups is 1. The normalized spacial score (nSPS) is 11.9. The molecule has 0 aliphatic heterocycles. The standard InChI is InChI=1S/C17H14ClN3O5/c1-2-26-17(23)14(15(22)13-7-4-8-19-16(13)18)10-20-11-5-3-6-12(9-11)21(24)25/h3-10,22H,2H2,1H3. The summed E-state index contributed by atoms with van der Waals surface area (Å²) in [4.78, 5) is 30.3. The summed E-state index contributed by atoms with van der Waals surface area (Å²) >= 11 is 5.94. The number of nitro groups is 1. The largest absolute Gasteiger partial charge is 0.506 e. The first-order chi connectivity index (χ1) is 12.4. The Morgan fingerprint density at radius 3 is 2.85 bits per heavy atom.